The molecular formula is C17H25N3O. The molecule has 1 aromatic carbocycles. The van der Waals surface area contributed by atoms with Crippen LogP contribution in [-0.4, -0.2) is 50.1 Å². The fraction of sp³-hybridized carbons (Fsp3) is 0.588. The van der Waals surface area contributed by atoms with Crippen molar-refractivity contribution in [3.05, 3.63) is 29.8 Å². The van der Waals surface area contributed by atoms with Crippen LogP contribution < -0.4 is 10.2 Å². The van der Waals surface area contributed by atoms with Gasteiger partial charge in [-0.1, -0.05) is 18.2 Å². The van der Waals surface area contributed by atoms with Crippen LogP contribution in [0.15, 0.2) is 24.3 Å². The molecule has 1 amide bonds. The van der Waals surface area contributed by atoms with Gasteiger partial charge in [-0.2, -0.15) is 0 Å². The summed E-state index contributed by atoms with van der Waals surface area (Å²) in [5.74, 6) is 0.236. The Morgan fingerprint density at radius 3 is 3.10 bits per heavy atom. The molecule has 4 nitrogen and oxygen atoms in total. The van der Waals surface area contributed by atoms with Crippen LogP contribution in [0.4, 0.5) is 5.69 Å². The minimum absolute atomic E-state index is 0.236. The number of hydrogen-bond donors (Lipinski definition) is 1. The molecule has 2 heterocycles. The summed E-state index contributed by atoms with van der Waals surface area (Å²) in [6.07, 6.45) is 4.52. The van der Waals surface area contributed by atoms with E-state index >= 15 is 0 Å². The zero-order valence-corrected chi connectivity index (χ0v) is 12.8. The number of benzene rings is 1. The first kappa shape index (κ1) is 14.5. The normalized spacial score (nSPS) is 22.2. The van der Waals surface area contributed by atoms with E-state index in [1.54, 1.807) is 0 Å². The lowest BCUT2D eigenvalue weighted by atomic mass is 10.1. The molecule has 0 radical (unpaired) electrons. The van der Waals surface area contributed by atoms with E-state index in [9.17, 15) is 4.79 Å². The van der Waals surface area contributed by atoms with Gasteiger partial charge in [0.1, 0.15) is 0 Å². The lowest BCUT2D eigenvalue weighted by molar-refractivity contribution is -0.119. The van der Waals surface area contributed by atoms with Crippen molar-refractivity contribution in [1.82, 2.24) is 10.2 Å². The third-order valence-electron chi connectivity index (χ3n) is 4.74. The molecule has 0 aromatic heterocycles. The fourth-order valence-corrected chi connectivity index (χ4v) is 3.47. The summed E-state index contributed by atoms with van der Waals surface area (Å²) in [6.45, 7) is 3.53. The van der Waals surface area contributed by atoms with Gasteiger partial charge in [-0.05, 0) is 57.5 Å². The second kappa shape index (κ2) is 6.58. The largest absolute Gasteiger partial charge is 0.317 e. The van der Waals surface area contributed by atoms with Crippen molar-refractivity contribution < 1.29 is 4.79 Å². The van der Waals surface area contributed by atoms with Gasteiger partial charge in [0.15, 0.2) is 0 Å². The number of carbonyl (C=O) groups is 1. The Labute approximate surface area is 127 Å². The second-order valence-corrected chi connectivity index (χ2v) is 6.17. The van der Waals surface area contributed by atoms with Crippen molar-refractivity contribution in [2.45, 2.75) is 31.7 Å². The molecule has 1 N–H and O–H groups in total. The highest BCUT2D eigenvalue weighted by Gasteiger charge is 2.26. The number of rotatable bonds is 3. The molecule has 0 spiro atoms. The predicted molar refractivity (Wildman–Crippen MR) is 85.6 cm³/mol. The summed E-state index contributed by atoms with van der Waals surface area (Å²) in [5, 5.41) is 3.43. The molecule has 0 bridgehead atoms. The zero-order chi connectivity index (χ0) is 14.7. The van der Waals surface area contributed by atoms with Gasteiger partial charge in [0, 0.05) is 18.3 Å². The summed E-state index contributed by atoms with van der Waals surface area (Å²) >= 11 is 0. The van der Waals surface area contributed by atoms with Crippen molar-refractivity contribution in [3.8, 4) is 0 Å². The molecule has 1 fully saturated rings. The van der Waals surface area contributed by atoms with Gasteiger partial charge in [-0.15, -0.1) is 0 Å². The molecule has 1 unspecified atom stereocenters. The van der Waals surface area contributed by atoms with Gasteiger partial charge in [-0.25, -0.2) is 0 Å². The highest BCUT2D eigenvalue weighted by molar-refractivity contribution is 5.96. The summed E-state index contributed by atoms with van der Waals surface area (Å²) in [4.78, 5) is 16.8. The van der Waals surface area contributed by atoms with Crippen LogP contribution in [0.3, 0.4) is 0 Å². The maximum Gasteiger partial charge on any atom is 0.241 e. The zero-order valence-electron chi connectivity index (χ0n) is 12.8. The highest BCUT2D eigenvalue weighted by atomic mass is 16.2. The predicted octanol–water partition coefficient (Wildman–Crippen LogP) is 1.65. The molecule has 4 heteroatoms. The van der Waals surface area contributed by atoms with E-state index in [0.29, 0.717) is 12.6 Å². The molecule has 3 rings (SSSR count). The van der Waals surface area contributed by atoms with Crippen LogP contribution in [0.5, 0.6) is 0 Å². The molecule has 2 aliphatic rings. The number of nitrogens with zero attached hydrogens (tertiary/aromatic N) is 2. The average molecular weight is 287 g/mol. The van der Waals surface area contributed by atoms with Gasteiger partial charge >= 0.3 is 0 Å². The summed E-state index contributed by atoms with van der Waals surface area (Å²) in [5.41, 5.74) is 2.41. The molecule has 1 atom stereocenters. The average Bonchev–Trinajstić information content (AvgIpc) is 2.73. The Morgan fingerprint density at radius 1 is 1.33 bits per heavy atom. The fourth-order valence-electron chi connectivity index (χ4n) is 3.47. The summed E-state index contributed by atoms with van der Waals surface area (Å²) in [6, 6.07) is 8.79. The monoisotopic (exact) mass is 287 g/mol. The third kappa shape index (κ3) is 3.27. The Kier molecular flexibility index (Phi) is 4.56. The van der Waals surface area contributed by atoms with Crippen molar-refractivity contribution in [1.29, 1.82) is 0 Å². The molecule has 114 valence electrons. The van der Waals surface area contributed by atoms with Gasteiger partial charge in [0.25, 0.3) is 0 Å². The first-order valence-electron chi connectivity index (χ1n) is 8.05. The molecule has 1 saturated heterocycles. The quantitative estimate of drug-likeness (QED) is 0.918. The second-order valence-electron chi connectivity index (χ2n) is 6.17. The molecule has 2 aliphatic heterocycles. The van der Waals surface area contributed by atoms with Crippen molar-refractivity contribution in [2.75, 3.05) is 38.1 Å². The van der Waals surface area contributed by atoms with Crippen LogP contribution in [0.1, 0.15) is 24.8 Å². The number of likely N-dealkylation sites (N-methyl/N-ethyl adjacent to an activating group) is 1. The first-order chi connectivity index (χ1) is 10.3. The summed E-state index contributed by atoms with van der Waals surface area (Å²) < 4.78 is 0. The standard InChI is InChI=1S/C17H25N3O/c1-19(15-6-4-10-18-11-8-15)13-17(21)20-12-9-14-5-2-3-7-16(14)20/h2-3,5,7,15,18H,4,6,8-13H2,1H3. The smallest absolute Gasteiger partial charge is 0.241 e. The highest BCUT2D eigenvalue weighted by Crippen LogP contribution is 2.27. The number of carbonyl (C=O) groups excluding carboxylic acids is 1. The van der Waals surface area contributed by atoms with E-state index < -0.39 is 0 Å². The molecule has 0 aliphatic carbocycles. The SMILES string of the molecule is CN(CC(=O)N1CCc2ccccc21)C1CCCNCC1. The van der Waals surface area contributed by atoms with Gasteiger partial charge in [0.05, 0.1) is 6.54 Å². The maximum absolute atomic E-state index is 12.6. The Hall–Kier alpha value is -1.39. The van der Waals surface area contributed by atoms with E-state index in [1.165, 1.54) is 18.4 Å². The Morgan fingerprint density at radius 2 is 2.19 bits per heavy atom. The maximum atomic E-state index is 12.6. The van der Waals surface area contributed by atoms with Crippen LogP contribution >= 0.6 is 0 Å². The van der Waals surface area contributed by atoms with Crippen molar-refractivity contribution >= 4 is 11.6 Å². The third-order valence-corrected chi connectivity index (χ3v) is 4.74. The number of nitrogens with one attached hydrogen (secondary N) is 1. The van der Waals surface area contributed by atoms with E-state index in [2.05, 4.69) is 35.5 Å². The van der Waals surface area contributed by atoms with Crippen LogP contribution in [0.2, 0.25) is 0 Å². The van der Waals surface area contributed by atoms with Gasteiger partial charge in [0.2, 0.25) is 5.91 Å². The topological polar surface area (TPSA) is 35.6 Å². The number of amides is 1. The molecule has 21 heavy (non-hydrogen) atoms. The lowest BCUT2D eigenvalue weighted by Gasteiger charge is -2.28. The van der Waals surface area contributed by atoms with Crippen molar-refractivity contribution in [3.63, 3.8) is 0 Å². The van der Waals surface area contributed by atoms with Gasteiger partial charge in [-0.3, -0.25) is 9.69 Å². The Bertz CT molecular complexity index is 495. The number of hydrogen-bond acceptors (Lipinski definition) is 3. The Balaban J connectivity index is 1.61. The first-order valence-corrected chi connectivity index (χ1v) is 8.05. The van der Waals surface area contributed by atoms with E-state index in [-0.39, 0.29) is 5.91 Å². The number of fused-ring (bicyclic) bond motifs is 1. The summed E-state index contributed by atoms with van der Waals surface area (Å²) in [7, 11) is 2.09. The van der Waals surface area contributed by atoms with E-state index in [4.69, 9.17) is 0 Å². The molecule has 0 saturated carbocycles. The minimum atomic E-state index is 0.236. The molecular weight excluding hydrogens is 262 g/mol. The van der Waals surface area contributed by atoms with E-state index in [0.717, 1.165) is 38.2 Å². The van der Waals surface area contributed by atoms with E-state index in [1.807, 2.05) is 11.0 Å². The van der Waals surface area contributed by atoms with Crippen LogP contribution in [-0.2, 0) is 11.2 Å². The van der Waals surface area contributed by atoms with Crippen LogP contribution in [0.25, 0.3) is 0 Å². The van der Waals surface area contributed by atoms with Crippen LogP contribution in [0, 0.1) is 0 Å². The van der Waals surface area contributed by atoms with Crippen molar-refractivity contribution in [2.24, 2.45) is 0 Å². The lowest BCUT2D eigenvalue weighted by Crippen LogP contribution is -2.42. The number of para-hydroxylation sites is 1. The van der Waals surface area contributed by atoms with Gasteiger partial charge < -0.3 is 10.2 Å². The number of anilines is 1. The molecule has 1 aromatic rings. The minimum Gasteiger partial charge on any atom is -0.317 e.